The van der Waals surface area contributed by atoms with Gasteiger partial charge in [-0.05, 0) is 44.4 Å². The highest BCUT2D eigenvalue weighted by Crippen LogP contribution is 2.33. The van der Waals surface area contributed by atoms with Crippen LogP contribution in [0.5, 0.6) is 5.75 Å². The molecule has 1 aliphatic heterocycles. The largest absolute Gasteiger partial charge is 0.491 e. The van der Waals surface area contributed by atoms with Gasteiger partial charge in [0.1, 0.15) is 5.75 Å². The Morgan fingerprint density at radius 1 is 1.25 bits per heavy atom. The maximum absolute atomic E-state index is 5.86. The molecule has 1 heterocycles. The van der Waals surface area contributed by atoms with Gasteiger partial charge >= 0.3 is 0 Å². The summed E-state index contributed by atoms with van der Waals surface area (Å²) in [6, 6.07) is 9.07. The van der Waals surface area contributed by atoms with Gasteiger partial charge in [0.2, 0.25) is 0 Å². The molecule has 1 fully saturated rings. The highest BCUT2D eigenvalue weighted by Gasteiger charge is 2.27. The SMILES string of the molecule is CNC(CN1CCCOc2ccccc21)C1CCCC1. The van der Waals surface area contributed by atoms with Crippen LogP contribution in [0.25, 0.3) is 0 Å². The van der Waals surface area contributed by atoms with Crippen LogP contribution in [0, 0.1) is 5.92 Å². The van der Waals surface area contributed by atoms with E-state index in [2.05, 4.69) is 41.5 Å². The molecule has 1 unspecified atom stereocenters. The summed E-state index contributed by atoms with van der Waals surface area (Å²) < 4.78 is 5.86. The van der Waals surface area contributed by atoms with Crippen molar-refractivity contribution in [2.24, 2.45) is 5.92 Å². The Labute approximate surface area is 122 Å². The zero-order valence-corrected chi connectivity index (χ0v) is 12.5. The molecule has 1 atom stereocenters. The molecule has 0 aromatic heterocycles. The third-order valence-electron chi connectivity index (χ3n) is 4.79. The molecule has 20 heavy (non-hydrogen) atoms. The summed E-state index contributed by atoms with van der Waals surface area (Å²) in [5.41, 5.74) is 1.27. The molecule has 2 aliphatic rings. The van der Waals surface area contributed by atoms with Crippen LogP contribution in [-0.2, 0) is 0 Å². The first-order chi connectivity index (χ1) is 9.88. The molecule has 110 valence electrons. The van der Waals surface area contributed by atoms with E-state index in [1.165, 1.54) is 31.4 Å². The van der Waals surface area contributed by atoms with E-state index in [1.807, 2.05) is 0 Å². The second-order valence-corrected chi connectivity index (χ2v) is 6.06. The Balaban J connectivity index is 1.75. The van der Waals surface area contributed by atoms with Gasteiger partial charge in [0.15, 0.2) is 0 Å². The van der Waals surface area contributed by atoms with E-state index in [0.717, 1.165) is 37.8 Å². The molecular weight excluding hydrogens is 248 g/mol. The lowest BCUT2D eigenvalue weighted by Crippen LogP contribution is -2.44. The molecular formula is C17H26N2O. The zero-order chi connectivity index (χ0) is 13.8. The molecule has 3 rings (SSSR count). The summed E-state index contributed by atoms with van der Waals surface area (Å²) in [7, 11) is 2.11. The van der Waals surface area contributed by atoms with E-state index in [4.69, 9.17) is 4.74 Å². The average molecular weight is 274 g/mol. The van der Waals surface area contributed by atoms with E-state index in [9.17, 15) is 0 Å². The number of para-hydroxylation sites is 2. The lowest BCUT2D eigenvalue weighted by Gasteiger charge is -2.31. The minimum Gasteiger partial charge on any atom is -0.491 e. The van der Waals surface area contributed by atoms with Crippen molar-refractivity contribution in [3.8, 4) is 5.75 Å². The van der Waals surface area contributed by atoms with Gasteiger partial charge in [-0.3, -0.25) is 0 Å². The highest BCUT2D eigenvalue weighted by molar-refractivity contribution is 5.59. The molecule has 3 heteroatoms. The summed E-state index contributed by atoms with van der Waals surface area (Å²) in [5.74, 6) is 1.89. The average Bonchev–Trinajstić information content (AvgIpc) is 2.94. The molecule has 0 bridgehead atoms. The van der Waals surface area contributed by atoms with Crippen molar-refractivity contribution in [1.29, 1.82) is 0 Å². The number of hydrogen-bond donors (Lipinski definition) is 1. The molecule has 0 radical (unpaired) electrons. The molecule has 1 aliphatic carbocycles. The number of rotatable bonds is 4. The molecule has 0 spiro atoms. The Morgan fingerprint density at radius 2 is 2.05 bits per heavy atom. The molecule has 1 N–H and O–H groups in total. The summed E-state index contributed by atoms with van der Waals surface area (Å²) in [5, 5.41) is 3.56. The number of benzene rings is 1. The number of nitrogens with zero attached hydrogens (tertiary/aromatic N) is 1. The monoisotopic (exact) mass is 274 g/mol. The van der Waals surface area contributed by atoms with Crippen molar-refractivity contribution in [2.45, 2.75) is 38.1 Å². The highest BCUT2D eigenvalue weighted by atomic mass is 16.5. The number of nitrogens with one attached hydrogen (secondary N) is 1. The fourth-order valence-corrected chi connectivity index (χ4v) is 3.66. The zero-order valence-electron chi connectivity index (χ0n) is 12.5. The van der Waals surface area contributed by atoms with Gasteiger partial charge in [-0.15, -0.1) is 0 Å². The first-order valence-electron chi connectivity index (χ1n) is 8.02. The van der Waals surface area contributed by atoms with Gasteiger partial charge in [-0.2, -0.15) is 0 Å². The van der Waals surface area contributed by atoms with E-state index in [1.54, 1.807) is 0 Å². The van der Waals surface area contributed by atoms with Crippen LogP contribution in [0.15, 0.2) is 24.3 Å². The quantitative estimate of drug-likeness (QED) is 0.913. The Hall–Kier alpha value is -1.22. The minimum atomic E-state index is 0.601. The summed E-state index contributed by atoms with van der Waals surface area (Å²) in [4.78, 5) is 2.52. The lowest BCUT2D eigenvalue weighted by atomic mass is 9.97. The topological polar surface area (TPSA) is 24.5 Å². The van der Waals surface area contributed by atoms with Crippen LogP contribution < -0.4 is 15.0 Å². The molecule has 1 saturated carbocycles. The maximum Gasteiger partial charge on any atom is 0.142 e. The molecule has 0 amide bonds. The molecule has 1 aromatic rings. The standard InChI is InChI=1S/C17H26N2O/c1-18-15(14-7-2-3-8-14)13-19-11-6-12-20-17-10-5-4-9-16(17)19/h4-5,9-10,14-15,18H,2-3,6-8,11-13H2,1H3. The first kappa shape index (κ1) is 13.7. The van der Waals surface area contributed by atoms with Crippen molar-refractivity contribution >= 4 is 5.69 Å². The predicted molar refractivity (Wildman–Crippen MR) is 83.6 cm³/mol. The maximum atomic E-state index is 5.86. The van der Waals surface area contributed by atoms with Gasteiger partial charge in [-0.25, -0.2) is 0 Å². The van der Waals surface area contributed by atoms with E-state index >= 15 is 0 Å². The summed E-state index contributed by atoms with van der Waals surface area (Å²) in [6.45, 7) is 3.03. The summed E-state index contributed by atoms with van der Waals surface area (Å²) in [6.07, 6.45) is 6.69. The van der Waals surface area contributed by atoms with Crippen LogP contribution in [0.4, 0.5) is 5.69 Å². The van der Waals surface area contributed by atoms with Crippen molar-refractivity contribution < 1.29 is 4.74 Å². The fraction of sp³-hybridized carbons (Fsp3) is 0.647. The second-order valence-electron chi connectivity index (χ2n) is 6.06. The van der Waals surface area contributed by atoms with Gasteiger partial charge < -0.3 is 15.0 Å². The summed E-state index contributed by atoms with van der Waals surface area (Å²) >= 11 is 0. The predicted octanol–water partition coefficient (Wildman–Crippen LogP) is 3.05. The smallest absolute Gasteiger partial charge is 0.142 e. The van der Waals surface area contributed by atoms with E-state index < -0.39 is 0 Å². The fourth-order valence-electron chi connectivity index (χ4n) is 3.66. The van der Waals surface area contributed by atoms with Gasteiger partial charge in [0.05, 0.1) is 12.3 Å². The number of hydrogen-bond acceptors (Lipinski definition) is 3. The molecule has 3 nitrogen and oxygen atoms in total. The van der Waals surface area contributed by atoms with Crippen LogP contribution in [0.3, 0.4) is 0 Å². The first-order valence-corrected chi connectivity index (χ1v) is 8.02. The Morgan fingerprint density at radius 3 is 2.85 bits per heavy atom. The van der Waals surface area contributed by atoms with E-state index in [-0.39, 0.29) is 0 Å². The third-order valence-corrected chi connectivity index (χ3v) is 4.79. The van der Waals surface area contributed by atoms with Crippen LogP contribution in [-0.4, -0.2) is 32.8 Å². The normalized spacial score (nSPS) is 21.1. The number of ether oxygens (including phenoxy) is 1. The Kier molecular flexibility index (Phi) is 4.46. The van der Waals surface area contributed by atoms with Crippen LogP contribution in [0.1, 0.15) is 32.1 Å². The third kappa shape index (κ3) is 2.93. The number of likely N-dealkylation sites (N-methyl/N-ethyl adjacent to an activating group) is 1. The lowest BCUT2D eigenvalue weighted by molar-refractivity contribution is 0.321. The van der Waals surface area contributed by atoms with Crippen LogP contribution in [0.2, 0.25) is 0 Å². The Bertz CT molecular complexity index is 429. The number of anilines is 1. The van der Waals surface area contributed by atoms with Crippen molar-refractivity contribution in [3.05, 3.63) is 24.3 Å². The molecule has 1 aromatic carbocycles. The molecule has 0 saturated heterocycles. The minimum absolute atomic E-state index is 0.601. The van der Waals surface area contributed by atoms with Gasteiger partial charge in [0.25, 0.3) is 0 Å². The number of fused-ring (bicyclic) bond motifs is 1. The van der Waals surface area contributed by atoms with Crippen molar-refractivity contribution in [2.75, 3.05) is 31.6 Å². The second kappa shape index (κ2) is 6.49. The van der Waals surface area contributed by atoms with Gasteiger partial charge in [-0.1, -0.05) is 25.0 Å². The van der Waals surface area contributed by atoms with Gasteiger partial charge in [0, 0.05) is 19.1 Å². The van der Waals surface area contributed by atoms with Crippen molar-refractivity contribution in [3.63, 3.8) is 0 Å². The van der Waals surface area contributed by atoms with Crippen molar-refractivity contribution in [1.82, 2.24) is 5.32 Å². The van der Waals surface area contributed by atoms with Crippen LogP contribution >= 0.6 is 0 Å². The van der Waals surface area contributed by atoms with E-state index in [0.29, 0.717) is 6.04 Å².